The lowest BCUT2D eigenvalue weighted by Crippen LogP contribution is -2.18. The number of nitrogens with zero attached hydrogens (tertiary/aromatic N) is 2. The van der Waals surface area contributed by atoms with Crippen LogP contribution in [0.3, 0.4) is 0 Å². The molecule has 74 valence electrons. The largest absolute Gasteiger partial charge is 0.381 e. The van der Waals surface area contributed by atoms with Gasteiger partial charge in [-0.1, -0.05) is 20.8 Å². The first-order chi connectivity index (χ1) is 5.90. The second-order valence-corrected chi connectivity index (χ2v) is 3.91. The van der Waals surface area contributed by atoms with E-state index in [0.717, 1.165) is 6.42 Å². The minimum atomic E-state index is -0.380. The Balaban J connectivity index is 3.23. The highest BCUT2D eigenvalue weighted by Crippen LogP contribution is 2.29. The number of aryl methyl sites for hydroxylation is 1. The molecular weight excluding hydrogens is 169 g/mol. The standard InChI is InChI=1S/C9H16FN3/c1-5-9(2,3)7-6(10)8(11)13(4)12-7/h5,11H2,1-4H3. The van der Waals surface area contributed by atoms with Crippen LogP contribution in [-0.2, 0) is 12.5 Å². The van der Waals surface area contributed by atoms with Crippen LogP contribution in [0.25, 0.3) is 0 Å². The molecular formula is C9H16FN3. The van der Waals surface area contributed by atoms with Gasteiger partial charge in [0.25, 0.3) is 0 Å². The van der Waals surface area contributed by atoms with Gasteiger partial charge in [0.2, 0.25) is 0 Å². The molecule has 0 bridgehead atoms. The van der Waals surface area contributed by atoms with E-state index in [1.165, 1.54) is 4.68 Å². The number of hydrogen-bond acceptors (Lipinski definition) is 2. The maximum Gasteiger partial charge on any atom is 0.188 e. The van der Waals surface area contributed by atoms with Crippen LogP contribution < -0.4 is 5.73 Å². The molecule has 3 nitrogen and oxygen atoms in total. The van der Waals surface area contributed by atoms with Gasteiger partial charge in [-0.15, -0.1) is 0 Å². The average Bonchev–Trinajstić information content (AvgIpc) is 2.33. The lowest BCUT2D eigenvalue weighted by atomic mass is 9.86. The third-order valence-electron chi connectivity index (χ3n) is 2.56. The lowest BCUT2D eigenvalue weighted by Gasteiger charge is -2.19. The summed E-state index contributed by atoms with van der Waals surface area (Å²) >= 11 is 0. The maximum absolute atomic E-state index is 13.5. The molecule has 0 saturated carbocycles. The van der Waals surface area contributed by atoms with Crippen LogP contribution in [0.4, 0.5) is 10.2 Å². The molecule has 0 spiro atoms. The summed E-state index contributed by atoms with van der Waals surface area (Å²) in [6, 6.07) is 0. The first-order valence-corrected chi connectivity index (χ1v) is 4.38. The fourth-order valence-corrected chi connectivity index (χ4v) is 1.11. The molecule has 0 aliphatic heterocycles. The Hall–Kier alpha value is -1.06. The summed E-state index contributed by atoms with van der Waals surface area (Å²) in [5.41, 5.74) is 5.68. The number of aromatic nitrogens is 2. The van der Waals surface area contributed by atoms with Gasteiger partial charge >= 0.3 is 0 Å². The molecule has 0 atom stereocenters. The monoisotopic (exact) mass is 185 g/mol. The Morgan fingerprint density at radius 1 is 1.54 bits per heavy atom. The molecule has 0 saturated heterocycles. The van der Waals surface area contributed by atoms with Crippen molar-refractivity contribution in [2.45, 2.75) is 32.6 Å². The van der Waals surface area contributed by atoms with E-state index in [1.807, 2.05) is 20.8 Å². The van der Waals surface area contributed by atoms with E-state index >= 15 is 0 Å². The first-order valence-electron chi connectivity index (χ1n) is 4.38. The Kier molecular flexibility index (Phi) is 2.32. The third-order valence-corrected chi connectivity index (χ3v) is 2.56. The van der Waals surface area contributed by atoms with E-state index in [4.69, 9.17) is 5.73 Å². The molecule has 0 unspecified atom stereocenters. The summed E-state index contributed by atoms with van der Waals surface area (Å²) in [6.45, 7) is 5.92. The lowest BCUT2D eigenvalue weighted by molar-refractivity contribution is 0.454. The molecule has 4 heteroatoms. The van der Waals surface area contributed by atoms with Crippen LogP contribution >= 0.6 is 0 Å². The normalized spacial score (nSPS) is 12.1. The minimum Gasteiger partial charge on any atom is -0.381 e. The summed E-state index contributed by atoms with van der Waals surface area (Å²) in [4.78, 5) is 0. The minimum absolute atomic E-state index is 0.108. The average molecular weight is 185 g/mol. The van der Waals surface area contributed by atoms with Gasteiger partial charge in [0.05, 0.1) is 0 Å². The van der Waals surface area contributed by atoms with Crippen molar-refractivity contribution in [3.63, 3.8) is 0 Å². The third kappa shape index (κ3) is 1.53. The van der Waals surface area contributed by atoms with Gasteiger partial charge in [0.1, 0.15) is 5.69 Å². The zero-order chi connectivity index (χ0) is 10.2. The van der Waals surface area contributed by atoms with E-state index in [9.17, 15) is 4.39 Å². The van der Waals surface area contributed by atoms with Crippen molar-refractivity contribution in [1.82, 2.24) is 9.78 Å². The van der Waals surface area contributed by atoms with Gasteiger partial charge in [-0.3, -0.25) is 4.68 Å². The van der Waals surface area contributed by atoms with Crippen molar-refractivity contribution >= 4 is 5.82 Å². The van der Waals surface area contributed by atoms with Gasteiger partial charge in [-0.2, -0.15) is 5.10 Å². The number of anilines is 1. The van der Waals surface area contributed by atoms with Crippen molar-refractivity contribution in [3.05, 3.63) is 11.5 Å². The van der Waals surface area contributed by atoms with Gasteiger partial charge in [-0.25, -0.2) is 4.39 Å². The van der Waals surface area contributed by atoms with Crippen LogP contribution in [-0.4, -0.2) is 9.78 Å². The molecule has 0 aliphatic rings. The molecule has 0 aromatic carbocycles. The smallest absolute Gasteiger partial charge is 0.188 e. The van der Waals surface area contributed by atoms with Crippen LogP contribution in [0.1, 0.15) is 32.9 Å². The van der Waals surface area contributed by atoms with E-state index in [2.05, 4.69) is 5.10 Å². The first kappa shape index (κ1) is 10.0. The number of nitrogens with two attached hydrogens (primary N) is 1. The fourth-order valence-electron chi connectivity index (χ4n) is 1.11. The molecule has 1 aromatic heterocycles. The topological polar surface area (TPSA) is 43.8 Å². The Morgan fingerprint density at radius 2 is 2.08 bits per heavy atom. The van der Waals surface area contributed by atoms with Crippen molar-refractivity contribution < 1.29 is 4.39 Å². The second kappa shape index (κ2) is 3.01. The Labute approximate surface area is 77.7 Å². The van der Waals surface area contributed by atoms with Crippen molar-refractivity contribution in [2.24, 2.45) is 7.05 Å². The molecule has 0 radical (unpaired) electrons. The van der Waals surface area contributed by atoms with Gasteiger partial charge in [-0.05, 0) is 6.42 Å². The highest BCUT2D eigenvalue weighted by Gasteiger charge is 2.27. The van der Waals surface area contributed by atoms with Crippen LogP contribution in [0.2, 0.25) is 0 Å². The number of halogens is 1. The van der Waals surface area contributed by atoms with Crippen molar-refractivity contribution in [3.8, 4) is 0 Å². The van der Waals surface area contributed by atoms with Gasteiger partial charge in [0.15, 0.2) is 11.6 Å². The predicted molar refractivity (Wildman–Crippen MR) is 50.9 cm³/mol. The predicted octanol–water partition coefficient (Wildman–Crippen LogP) is 1.83. The molecule has 1 aromatic rings. The second-order valence-electron chi connectivity index (χ2n) is 3.91. The zero-order valence-electron chi connectivity index (χ0n) is 8.56. The fraction of sp³-hybridized carbons (Fsp3) is 0.667. The van der Waals surface area contributed by atoms with E-state index < -0.39 is 0 Å². The van der Waals surface area contributed by atoms with Gasteiger partial charge in [0, 0.05) is 12.5 Å². The number of nitrogen functional groups attached to an aromatic ring is 1. The number of rotatable bonds is 2. The summed E-state index contributed by atoms with van der Waals surface area (Å²) in [5.74, 6) is -0.272. The molecule has 13 heavy (non-hydrogen) atoms. The molecule has 0 amide bonds. The summed E-state index contributed by atoms with van der Waals surface area (Å²) in [6.07, 6.45) is 0.834. The molecule has 1 rings (SSSR count). The van der Waals surface area contributed by atoms with Crippen LogP contribution in [0.5, 0.6) is 0 Å². The maximum atomic E-state index is 13.5. The Bertz CT molecular complexity index is 315. The molecule has 0 aliphatic carbocycles. The quantitative estimate of drug-likeness (QED) is 0.763. The van der Waals surface area contributed by atoms with Crippen molar-refractivity contribution in [2.75, 3.05) is 5.73 Å². The van der Waals surface area contributed by atoms with E-state index in [1.54, 1.807) is 7.05 Å². The van der Waals surface area contributed by atoms with Gasteiger partial charge < -0.3 is 5.73 Å². The van der Waals surface area contributed by atoms with Crippen LogP contribution in [0, 0.1) is 5.82 Å². The zero-order valence-corrected chi connectivity index (χ0v) is 8.56. The van der Waals surface area contributed by atoms with E-state index in [0.29, 0.717) is 5.69 Å². The SMILES string of the molecule is CCC(C)(C)c1nn(C)c(N)c1F. The van der Waals surface area contributed by atoms with E-state index in [-0.39, 0.29) is 17.1 Å². The highest BCUT2D eigenvalue weighted by atomic mass is 19.1. The Morgan fingerprint density at radius 3 is 2.38 bits per heavy atom. The molecule has 2 N–H and O–H groups in total. The summed E-state index contributed by atoms with van der Waals surface area (Å²) in [5, 5.41) is 4.07. The summed E-state index contributed by atoms with van der Waals surface area (Å²) < 4.78 is 14.9. The highest BCUT2D eigenvalue weighted by molar-refractivity contribution is 5.36. The number of hydrogen-bond donors (Lipinski definition) is 1. The molecule has 1 heterocycles. The van der Waals surface area contributed by atoms with Crippen LogP contribution in [0.15, 0.2) is 0 Å². The molecule has 0 fully saturated rings. The van der Waals surface area contributed by atoms with Crippen molar-refractivity contribution in [1.29, 1.82) is 0 Å². The summed E-state index contributed by atoms with van der Waals surface area (Å²) in [7, 11) is 1.65.